The van der Waals surface area contributed by atoms with Crippen molar-refractivity contribution < 1.29 is 28.5 Å². The van der Waals surface area contributed by atoms with E-state index >= 15 is 0 Å². The molecule has 0 aliphatic carbocycles. The van der Waals surface area contributed by atoms with Gasteiger partial charge >= 0.3 is 0 Å². The first kappa shape index (κ1) is 37.3. The van der Waals surface area contributed by atoms with E-state index in [4.69, 9.17) is 42.1 Å². The van der Waals surface area contributed by atoms with E-state index in [1.54, 1.807) is 21.1 Å². The molecule has 2 aliphatic rings. The average molecular weight is 749 g/mol. The number of nitrogens with zero attached hydrogens (tertiary/aromatic N) is 4. The van der Waals surface area contributed by atoms with Crippen molar-refractivity contribution >= 4 is 34.9 Å². The number of aromatic nitrogens is 2. The number of rotatable bonds is 16. The summed E-state index contributed by atoms with van der Waals surface area (Å²) in [6, 6.07) is 19.2. The van der Waals surface area contributed by atoms with Crippen LogP contribution in [0.1, 0.15) is 42.5 Å². The zero-order valence-corrected chi connectivity index (χ0v) is 31.3. The first-order valence-electron chi connectivity index (χ1n) is 17.2. The van der Waals surface area contributed by atoms with Gasteiger partial charge < -0.3 is 29.1 Å². The van der Waals surface area contributed by atoms with Gasteiger partial charge in [0.2, 0.25) is 29.4 Å². The molecule has 52 heavy (non-hydrogen) atoms. The maximum absolute atomic E-state index is 11.4. The van der Waals surface area contributed by atoms with Crippen molar-refractivity contribution in [2.75, 3.05) is 40.4 Å². The van der Waals surface area contributed by atoms with Gasteiger partial charge in [0, 0.05) is 98.1 Å². The minimum absolute atomic E-state index is 0.0179. The van der Waals surface area contributed by atoms with E-state index in [0.29, 0.717) is 59.0 Å². The highest BCUT2D eigenvalue weighted by Crippen LogP contribution is 2.38. The van der Waals surface area contributed by atoms with Crippen molar-refractivity contribution in [2.45, 2.75) is 52.6 Å². The quantitative estimate of drug-likeness (QED) is 0.139. The first-order chi connectivity index (χ1) is 25.1. The highest BCUT2D eigenvalue weighted by molar-refractivity contribution is 6.37. The molecule has 2 saturated heterocycles. The van der Waals surface area contributed by atoms with E-state index in [-0.39, 0.29) is 30.9 Å². The lowest BCUT2D eigenvalue weighted by atomic mass is 9.94. The molecule has 0 bridgehead atoms. The van der Waals surface area contributed by atoms with Gasteiger partial charge in [-0.25, -0.2) is 0 Å². The Morgan fingerprint density at radius 1 is 0.712 bits per heavy atom. The third-order valence-electron chi connectivity index (χ3n) is 9.17. The minimum atomic E-state index is -0.0179. The summed E-state index contributed by atoms with van der Waals surface area (Å²) in [7, 11) is 3.18. The van der Waals surface area contributed by atoms with Crippen LogP contribution in [0.2, 0.25) is 10.0 Å². The van der Waals surface area contributed by atoms with Crippen LogP contribution in [0, 0.1) is 5.92 Å². The predicted molar refractivity (Wildman–Crippen MR) is 199 cm³/mol. The lowest BCUT2D eigenvalue weighted by molar-refractivity contribution is -0.121. The number of hydrogen-bond acceptors (Lipinski definition) is 10. The molecule has 274 valence electrons. The van der Waals surface area contributed by atoms with E-state index in [2.05, 4.69) is 25.1 Å². The van der Waals surface area contributed by atoms with Crippen molar-refractivity contribution in [3.63, 3.8) is 0 Å². The summed E-state index contributed by atoms with van der Waals surface area (Å²) >= 11 is 13.9. The largest absolute Gasteiger partial charge is 0.481 e. The summed E-state index contributed by atoms with van der Waals surface area (Å²) in [6.07, 6.45) is 0.627. The molecule has 2 aromatic carbocycles. The Morgan fingerprint density at radius 2 is 1.19 bits per heavy atom. The van der Waals surface area contributed by atoms with Crippen LogP contribution in [-0.4, -0.2) is 77.9 Å². The number of nitrogens with one attached hydrogen (secondary N) is 1. The fourth-order valence-corrected chi connectivity index (χ4v) is 7.23. The van der Waals surface area contributed by atoms with Crippen LogP contribution in [0.15, 0.2) is 60.7 Å². The summed E-state index contributed by atoms with van der Waals surface area (Å²) in [5.74, 6) is 2.47. The van der Waals surface area contributed by atoms with Crippen LogP contribution < -0.4 is 24.3 Å². The molecule has 2 aromatic heterocycles. The second kappa shape index (κ2) is 16.9. The lowest BCUT2D eigenvalue weighted by Gasteiger charge is -2.39. The van der Waals surface area contributed by atoms with Gasteiger partial charge in [0.15, 0.2) is 0 Å². The number of likely N-dealkylation sites (tertiary alicyclic amines) is 2. The van der Waals surface area contributed by atoms with Crippen molar-refractivity contribution in [2.24, 2.45) is 5.92 Å². The number of amides is 1. The van der Waals surface area contributed by atoms with E-state index in [1.807, 2.05) is 60.7 Å². The number of benzene rings is 2. The van der Waals surface area contributed by atoms with Crippen LogP contribution in [0.4, 0.5) is 0 Å². The molecular formula is C39H43Cl2N5O6. The molecule has 0 radical (unpaired) electrons. The fourth-order valence-electron chi connectivity index (χ4n) is 6.66. The van der Waals surface area contributed by atoms with Crippen LogP contribution in [-0.2, 0) is 35.9 Å². The van der Waals surface area contributed by atoms with E-state index in [9.17, 15) is 9.59 Å². The van der Waals surface area contributed by atoms with Gasteiger partial charge in [-0.1, -0.05) is 59.6 Å². The average Bonchev–Trinajstić information content (AvgIpc) is 3.09. The predicted octanol–water partition coefficient (Wildman–Crippen LogP) is 6.36. The van der Waals surface area contributed by atoms with Gasteiger partial charge in [0.05, 0.1) is 30.3 Å². The molecule has 2 fully saturated rings. The zero-order valence-electron chi connectivity index (χ0n) is 29.8. The van der Waals surface area contributed by atoms with Crippen LogP contribution >= 0.6 is 23.2 Å². The third-order valence-corrected chi connectivity index (χ3v) is 10.1. The summed E-state index contributed by atoms with van der Waals surface area (Å²) in [4.78, 5) is 36.3. The number of carbonyl (C=O) groups excluding carboxylic acids is 2. The molecule has 0 unspecified atom stereocenters. The Kier molecular flexibility index (Phi) is 12.2. The fraction of sp³-hybridized carbons (Fsp3) is 0.385. The number of halogens is 2. The molecule has 11 nitrogen and oxygen atoms in total. The van der Waals surface area contributed by atoms with Crippen molar-refractivity contribution in [1.82, 2.24) is 25.1 Å². The van der Waals surface area contributed by atoms with E-state index in [1.165, 1.54) is 6.92 Å². The smallest absolute Gasteiger partial charge is 0.220 e. The molecule has 1 amide bonds. The number of hydrogen-bond donors (Lipinski definition) is 1. The van der Waals surface area contributed by atoms with Gasteiger partial charge in [-0.05, 0) is 25.0 Å². The van der Waals surface area contributed by atoms with Crippen LogP contribution in [0.25, 0.3) is 11.1 Å². The van der Waals surface area contributed by atoms with Gasteiger partial charge in [-0.15, -0.1) is 0 Å². The van der Waals surface area contributed by atoms with Crippen LogP contribution in [0.3, 0.4) is 0 Å². The van der Waals surface area contributed by atoms with Crippen molar-refractivity contribution in [1.29, 1.82) is 0 Å². The Hall–Kier alpha value is -4.42. The SMILES string of the molecule is COc1nc(OCc2cccc(-c3cccc(COc4ccc(CN5CC(NC(C)=O)C5)c(OC)n4)c3Cl)c2Cl)ccc1CN1CC(CC(C)=O)C1. The molecule has 2 aliphatic heterocycles. The monoisotopic (exact) mass is 747 g/mol. The number of ether oxygens (including phenoxy) is 4. The number of pyridine rings is 2. The van der Waals surface area contributed by atoms with Gasteiger partial charge in [-0.3, -0.25) is 14.6 Å². The second-order valence-electron chi connectivity index (χ2n) is 13.3. The Bertz CT molecular complexity index is 1780. The third kappa shape index (κ3) is 9.14. The zero-order chi connectivity index (χ0) is 36.8. The standard InChI is InChI=1S/C39H43Cl2N5O6/c1-24(47)15-26-16-45(17-26)18-27-11-13-34(43-38(27)49-3)51-22-29-7-5-9-32(36(29)40)33-10-6-8-30(37(33)41)23-52-35-14-12-28(39(44-35)50-4)19-46-20-31(21-46)42-25(2)48/h5-14,26,31H,15-23H2,1-4H3,(H,42,48). The number of ketones is 1. The van der Waals surface area contributed by atoms with Gasteiger partial charge in [0.1, 0.15) is 19.0 Å². The number of Topliss-reactive ketones (excluding diaryl/α,β-unsaturated/α-hetero) is 1. The van der Waals surface area contributed by atoms with Crippen molar-refractivity contribution in [3.05, 3.63) is 93.0 Å². The normalized spacial score (nSPS) is 15.0. The molecule has 4 heterocycles. The molecule has 0 saturated carbocycles. The highest BCUT2D eigenvalue weighted by atomic mass is 35.5. The molecule has 6 rings (SSSR count). The molecular weight excluding hydrogens is 705 g/mol. The second-order valence-corrected chi connectivity index (χ2v) is 14.1. The highest BCUT2D eigenvalue weighted by Gasteiger charge is 2.29. The summed E-state index contributed by atoms with van der Waals surface area (Å²) in [6.45, 7) is 8.25. The summed E-state index contributed by atoms with van der Waals surface area (Å²) < 4.78 is 23.3. The van der Waals surface area contributed by atoms with Crippen molar-refractivity contribution in [3.8, 4) is 34.6 Å². The van der Waals surface area contributed by atoms with Gasteiger partial charge in [0.25, 0.3) is 0 Å². The molecule has 13 heteroatoms. The molecule has 0 spiro atoms. The maximum atomic E-state index is 11.4. The minimum Gasteiger partial charge on any atom is -0.481 e. The Labute approximate surface area is 314 Å². The number of methoxy groups -OCH3 is 2. The van der Waals surface area contributed by atoms with Crippen LogP contribution in [0.5, 0.6) is 23.5 Å². The topological polar surface area (TPSA) is 115 Å². The Balaban J connectivity index is 1.07. The lowest BCUT2D eigenvalue weighted by Crippen LogP contribution is -2.58. The Morgan fingerprint density at radius 3 is 1.63 bits per heavy atom. The molecule has 4 aromatic rings. The first-order valence-corrected chi connectivity index (χ1v) is 18.0. The maximum Gasteiger partial charge on any atom is 0.220 e. The molecule has 1 N–H and O–H groups in total. The van der Waals surface area contributed by atoms with E-state index in [0.717, 1.165) is 59.6 Å². The summed E-state index contributed by atoms with van der Waals surface area (Å²) in [5.41, 5.74) is 4.98. The van der Waals surface area contributed by atoms with Gasteiger partial charge in [-0.2, -0.15) is 9.97 Å². The number of carbonyl (C=O) groups is 2. The van der Waals surface area contributed by atoms with E-state index < -0.39 is 0 Å². The molecule has 0 atom stereocenters. The summed E-state index contributed by atoms with van der Waals surface area (Å²) in [5, 5.41) is 3.98.